The summed E-state index contributed by atoms with van der Waals surface area (Å²) in [5.74, 6) is 0. The number of unbranched alkanes of at least 4 members (excludes halogenated alkanes) is 6. The summed E-state index contributed by atoms with van der Waals surface area (Å²) in [6.45, 7) is 1.16. The molecule has 0 saturated carbocycles. The average molecular weight is 199 g/mol. The molecule has 0 spiro atoms. The molecular weight excluding hydrogens is 174 g/mol. The highest BCUT2D eigenvalue weighted by Crippen LogP contribution is 2.04. The van der Waals surface area contributed by atoms with Crippen molar-refractivity contribution in [2.75, 3.05) is 13.2 Å². The molecule has 84 valence electrons. The molecule has 3 N–H and O–H groups in total. The van der Waals surface area contributed by atoms with Crippen molar-refractivity contribution in [3.05, 3.63) is 12.2 Å². The fourth-order valence-electron chi connectivity index (χ4n) is 1.37. The van der Waals surface area contributed by atoms with Gasteiger partial charge in [-0.15, -0.1) is 0 Å². The summed E-state index contributed by atoms with van der Waals surface area (Å²) in [6, 6.07) is 0. The molecule has 0 aliphatic rings. The zero-order valence-corrected chi connectivity index (χ0v) is 9.25. The Morgan fingerprint density at radius 2 is 1.36 bits per heavy atom. The number of allylic oxidation sites excluding steroid dienone is 2. The third-order valence-electron chi connectivity index (χ3n) is 2.27. The number of hydrogen-bond donors (Lipinski definition) is 2. The molecule has 0 aromatic carbocycles. The smallest absolute Gasteiger partial charge is 0.0431 e. The maximum atomic E-state index is 8.57. The van der Waals surface area contributed by atoms with Crippen LogP contribution < -0.4 is 5.73 Å². The van der Waals surface area contributed by atoms with Crippen molar-refractivity contribution in [3.63, 3.8) is 0 Å². The van der Waals surface area contributed by atoms with Gasteiger partial charge in [-0.3, -0.25) is 0 Å². The zero-order chi connectivity index (χ0) is 10.5. The first-order chi connectivity index (χ1) is 6.91. The minimum atomic E-state index is 0.342. The van der Waals surface area contributed by atoms with Crippen LogP contribution in [-0.4, -0.2) is 18.3 Å². The van der Waals surface area contributed by atoms with Crippen LogP contribution in [0.1, 0.15) is 51.4 Å². The van der Waals surface area contributed by atoms with E-state index >= 15 is 0 Å². The average Bonchev–Trinajstić information content (AvgIpc) is 2.21. The van der Waals surface area contributed by atoms with Gasteiger partial charge in [-0.1, -0.05) is 25.0 Å². The maximum absolute atomic E-state index is 8.57. The molecule has 0 saturated heterocycles. The summed E-state index contributed by atoms with van der Waals surface area (Å²) in [6.07, 6.45) is 13.9. The quantitative estimate of drug-likeness (QED) is 0.419. The molecule has 0 aromatic heterocycles. The Morgan fingerprint density at radius 1 is 0.786 bits per heavy atom. The Morgan fingerprint density at radius 3 is 1.93 bits per heavy atom. The largest absolute Gasteiger partial charge is 0.396 e. The molecule has 14 heavy (non-hydrogen) atoms. The summed E-state index contributed by atoms with van der Waals surface area (Å²) >= 11 is 0. The van der Waals surface area contributed by atoms with Crippen molar-refractivity contribution in [2.45, 2.75) is 51.4 Å². The fraction of sp³-hybridized carbons (Fsp3) is 0.833. The molecule has 0 aromatic rings. The second kappa shape index (κ2) is 12.7. The molecule has 0 unspecified atom stereocenters. The van der Waals surface area contributed by atoms with Crippen molar-refractivity contribution in [2.24, 2.45) is 5.73 Å². The van der Waals surface area contributed by atoms with E-state index in [2.05, 4.69) is 12.2 Å². The van der Waals surface area contributed by atoms with Crippen LogP contribution in [0.2, 0.25) is 0 Å². The Bertz CT molecular complexity index is 123. The minimum absolute atomic E-state index is 0.342. The van der Waals surface area contributed by atoms with E-state index in [0.29, 0.717) is 6.61 Å². The van der Waals surface area contributed by atoms with Gasteiger partial charge >= 0.3 is 0 Å². The monoisotopic (exact) mass is 199 g/mol. The number of rotatable bonds is 10. The summed E-state index contributed by atoms with van der Waals surface area (Å²) < 4.78 is 0. The lowest BCUT2D eigenvalue weighted by atomic mass is 10.1. The van der Waals surface area contributed by atoms with Gasteiger partial charge in [0.1, 0.15) is 0 Å². The molecule has 0 heterocycles. The van der Waals surface area contributed by atoms with E-state index in [-0.39, 0.29) is 0 Å². The van der Waals surface area contributed by atoms with Crippen LogP contribution in [0.4, 0.5) is 0 Å². The van der Waals surface area contributed by atoms with Gasteiger partial charge in [0.15, 0.2) is 0 Å². The van der Waals surface area contributed by atoms with E-state index < -0.39 is 0 Å². The SMILES string of the molecule is NCCCCC=CCCCCCCO. The lowest BCUT2D eigenvalue weighted by molar-refractivity contribution is 0.282. The van der Waals surface area contributed by atoms with Crippen molar-refractivity contribution >= 4 is 0 Å². The van der Waals surface area contributed by atoms with Gasteiger partial charge < -0.3 is 10.8 Å². The van der Waals surface area contributed by atoms with Crippen LogP contribution >= 0.6 is 0 Å². The highest BCUT2D eigenvalue weighted by molar-refractivity contribution is 4.81. The van der Waals surface area contributed by atoms with Crippen LogP contribution in [0.5, 0.6) is 0 Å². The number of aliphatic hydroxyl groups is 1. The van der Waals surface area contributed by atoms with Crippen molar-refractivity contribution in [3.8, 4) is 0 Å². The number of hydrogen-bond acceptors (Lipinski definition) is 2. The molecule has 0 fully saturated rings. The van der Waals surface area contributed by atoms with Gasteiger partial charge in [-0.05, 0) is 45.1 Å². The topological polar surface area (TPSA) is 46.2 Å². The van der Waals surface area contributed by atoms with E-state index in [1.807, 2.05) is 0 Å². The van der Waals surface area contributed by atoms with Crippen molar-refractivity contribution < 1.29 is 5.11 Å². The number of nitrogens with two attached hydrogens (primary N) is 1. The van der Waals surface area contributed by atoms with E-state index in [0.717, 1.165) is 25.8 Å². The number of aliphatic hydroxyl groups excluding tert-OH is 1. The first-order valence-corrected chi connectivity index (χ1v) is 5.87. The predicted molar refractivity (Wildman–Crippen MR) is 62.2 cm³/mol. The maximum Gasteiger partial charge on any atom is 0.0431 e. The Labute approximate surface area is 88.2 Å². The standard InChI is InChI=1S/C12H25NO/c13-11-9-7-5-3-1-2-4-6-8-10-12-14/h1,3,14H,2,4-13H2. The van der Waals surface area contributed by atoms with Gasteiger partial charge in [0, 0.05) is 6.61 Å². The van der Waals surface area contributed by atoms with Gasteiger partial charge in [-0.25, -0.2) is 0 Å². The molecule has 2 heteroatoms. The highest BCUT2D eigenvalue weighted by Gasteiger charge is 1.87. The van der Waals surface area contributed by atoms with Gasteiger partial charge in [-0.2, -0.15) is 0 Å². The lowest BCUT2D eigenvalue weighted by Crippen LogP contribution is -1.96. The van der Waals surface area contributed by atoms with Crippen LogP contribution in [0.25, 0.3) is 0 Å². The molecule has 0 bridgehead atoms. The first-order valence-electron chi connectivity index (χ1n) is 5.87. The normalized spacial score (nSPS) is 11.3. The second-order valence-corrected chi connectivity index (χ2v) is 3.68. The Hall–Kier alpha value is -0.340. The molecule has 0 aliphatic heterocycles. The Balaban J connectivity index is 2.96. The van der Waals surface area contributed by atoms with Gasteiger partial charge in [0.05, 0.1) is 0 Å². The predicted octanol–water partition coefficient (Wildman–Crippen LogP) is 2.61. The van der Waals surface area contributed by atoms with Gasteiger partial charge in [0.25, 0.3) is 0 Å². The summed E-state index contributed by atoms with van der Waals surface area (Å²) in [5.41, 5.74) is 5.39. The highest BCUT2D eigenvalue weighted by atomic mass is 16.2. The van der Waals surface area contributed by atoms with Crippen molar-refractivity contribution in [1.29, 1.82) is 0 Å². The van der Waals surface area contributed by atoms with E-state index in [1.165, 1.54) is 32.1 Å². The Kier molecular flexibility index (Phi) is 12.4. The van der Waals surface area contributed by atoms with E-state index in [1.54, 1.807) is 0 Å². The summed E-state index contributed by atoms with van der Waals surface area (Å²) in [7, 11) is 0. The summed E-state index contributed by atoms with van der Waals surface area (Å²) in [5, 5.41) is 8.57. The molecule has 0 radical (unpaired) electrons. The third kappa shape index (κ3) is 11.7. The van der Waals surface area contributed by atoms with Crippen molar-refractivity contribution in [1.82, 2.24) is 0 Å². The molecule has 0 atom stereocenters. The van der Waals surface area contributed by atoms with E-state index in [4.69, 9.17) is 10.8 Å². The van der Waals surface area contributed by atoms with Crippen LogP contribution in [-0.2, 0) is 0 Å². The molecular formula is C12H25NO. The van der Waals surface area contributed by atoms with Crippen LogP contribution in [0.3, 0.4) is 0 Å². The fourth-order valence-corrected chi connectivity index (χ4v) is 1.37. The third-order valence-corrected chi connectivity index (χ3v) is 2.27. The zero-order valence-electron chi connectivity index (χ0n) is 9.25. The summed E-state index contributed by atoms with van der Waals surface area (Å²) in [4.78, 5) is 0. The van der Waals surface area contributed by atoms with Crippen LogP contribution in [0.15, 0.2) is 12.2 Å². The van der Waals surface area contributed by atoms with Crippen LogP contribution in [0, 0.1) is 0 Å². The molecule has 0 aliphatic carbocycles. The van der Waals surface area contributed by atoms with Gasteiger partial charge in [0.2, 0.25) is 0 Å². The lowest BCUT2D eigenvalue weighted by Gasteiger charge is -1.96. The minimum Gasteiger partial charge on any atom is -0.396 e. The molecule has 0 rings (SSSR count). The second-order valence-electron chi connectivity index (χ2n) is 3.68. The first kappa shape index (κ1) is 13.7. The molecule has 2 nitrogen and oxygen atoms in total. The molecule has 0 amide bonds. The van der Waals surface area contributed by atoms with E-state index in [9.17, 15) is 0 Å².